The Kier molecular flexibility index (Phi) is 5.92. The van der Waals surface area contributed by atoms with Crippen molar-refractivity contribution in [1.29, 1.82) is 0 Å². The van der Waals surface area contributed by atoms with E-state index < -0.39 is 27.9 Å². The number of carbonyl (C=O) groups is 1. The number of hydrogen-bond donors (Lipinski definition) is 3. The minimum absolute atomic E-state index is 0.0383. The molecule has 0 aromatic heterocycles. The highest BCUT2D eigenvalue weighted by atomic mass is 16.6. The summed E-state index contributed by atoms with van der Waals surface area (Å²) in [6.45, 7) is 0. The fourth-order valence-electron chi connectivity index (χ4n) is 2.89. The van der Waals surface area contributed by atoms with Crippen LogP contribution in [0.25, 0.3) is 0 Å². The van der Waals surface area contributed by atoms with E-state index in [1.54, 1.807) is 0 Å². The van der Waals surface area contributed by atoms with Crippen molar-refractivity contribution in [1.82, 2.24) is 5.43 Å². The average Bonchev–Trinajstić information content (AvgIpc) is 2.56. The number of phenolic OH excluding ortho intramolecular Hbond substituents is 1. The quantitative estimate of drug-likeness (QED) is 0.407. The van der Waals surface area contributed by atoms with Gasteiger partial charge in [-0.05, 0) is 18.9 Å². The zero-order chi connectivity index (χ0) is 18.4. The molecule has 1 fully saturated rings. The number of hydrogen-bond acceptors (Lipinski definition) is 7. The summed E-state index contributed by atoms with van der Waals surface area (Å²) in [6, 6.07) is 2.47. The van der Waals surface area contributed by atoms with E-state index in [1.807, 2.05) is 0 Å². The van der Waals surface area contributed by atoms with Crippen LogP contribution in [-0.4, -0.2) is 40.0 Å². The highest BCUT2D eigenvalue weighted by Gasteiger charge is 2.31. The number of nitro groups is 1. The summed E-state index contributed by atoms with van der Waals surface area (Å²) in [5, 5.41) is 34.7. The molecule has 0 spiro atoms. The maximum absolute atomic E-state index is 11.9. The maximum atomic E-state index is 11.9. The number of nitrogens with zero attached hydrogens (tertiary/aromatic N) is 2. The number of phenols is 1. The molecule has 1 aromatic carbocycles. The van der Waals surface area contributed by atoms with E-state index in [9.17, 15) is 25.1 Å². The zero-order valence-corrected chi connectivity index (χ0v) is 13.9. The molecule has 0 unspecified atom stereocenters. The molecule has 1 amide bonds. The summed E-state index contributed by atoms with van der Waals surface area (Å²) in [6.07, 6.45) is 5.19. The van der Waals surface area contributed by atoms with Gasteiger partial charge < -0.3 is 14.9 Å². The van der Waals surface area contributed by atoms with Crippen molar-refractivity contribution in [3.05, 3.63) is 27.8 Å². The van der Waals surface area contributed by atoms with Gasteiger partial charge in [0.1, 0.15) is 0 Å². The van der Waals surface area contributed by atoms with Crippen molar-refractivity contribution < 1.29 is 24.7 Å². The molecule has 1 aromatic rings. The van der Waals surface area contributed by atoms with Crippen LogP contribution in [0, 0.1) is 10.1 Å². The van der Waals surface area contributed by atoms with Crippen LogP contribution >= 0.6 is 0 Å². The number of ether oxygens (including phenoxy) is 1. The second-order valence-electron chi connectivity index (χ2n) is 6.10. The zero-order valence-electron chi connectivity index (χ0n) is 13.9. The van der Waals surface area contributed by atoms with E-state index in [-0.39, 0.29) is 17.7 Å². The summed E-state index contributed by atoms with van der Waals surface area (Å²) in [7, 11) is 1.27. The first-order valence-corrected chi connectivity index (χ1v) is 7.94. The number of carbonyl (C=O) groups excluding carboxylic acids is 1. The number of amides is 1. The number of aromatic hydroxyl groups is 1. The molecule has 3 N–H and O–H groups in total. The topological polar surface area (TPSA) is 134 Å². The van der Waals surface area contributed by atoms with E-state index >= 15 is 0 Å². The van der Waals surface area contributed by atoms with Crippen LogP contribution in [0.5, 0.6) is 11.5 Å². The Morgan fingerprint density at radius 2 is 2.12 bits per heavy atom. The second kappa shape index (κ2) is 7.93. The molecule has 1 aliphatic carbocycles. The van der Waals surface area contributed by atoms with Crippen molar-refractivity contribution in [2.24, 2.45) is 5.10 Å². The molecule has 0 radical (unpaired) electrons. The number of hydrazone groups is 1. The molecule has 0 heterocycles. The van der Waals surface area contributed by atoms with E-state index in [0.29, 0.717) is 12.8 Å². The van der Waals surface area contributed by atoms with Gasteiger partial charge in [0.05, 0.1) is 30.3 Å². The molecule has 25 heavy (non-hydrogen) atoms. The number of benzene rings is 1. The molecular weight excluding hydrogens is 330 g/mol. The number of nitrogens with one attached hydrogen (secondary N) is 1. The Balaban J connectivity index is 2.02. The predicted molar refractivity (Wildman–Crippen MR) is 89.7 cm³/mol. The summed E-state index contributed by atoms with van der Waals surface area (Å²) in [5.41, 5.74) is 1.07. The van der Waals surface area contributed by atoms with Crippen molar-refractivity contribution in [2.75, 3.05) is 7.11 Å². The van der Waals surface area contributed by atoms with E-state index in [0.717, 1.165) is 25.3 Å². The largest absolute Gasteiger partial charge is 0.500 e. The fourth-order valence-corrected chi connectivity index (χ4v) is 2.89. The van der Waals surface area contributed by atoms with E-state index in [1.165, 1.54) is 19.4 Å². The van der Waals surface area contributed by atoms with Crippen LogP contribution in [0.15, 0.2) is 17.2 Å². The first-order chi connectivity index (χ1) is 11.8. The summed E-state index contributed by atoms with van der Waals surface area (Å²) < 4.78 is 4.88. The number of nitro benzene ring substituents is 1. The van der Waals surface area contributed by atoms with Crippen molar-refractivity contribution in [3.63, 3.8) is 0 Å². The predicted octanol–water partition coefficient (Wildman–Crippen LogP) is 1.84. The molecular formula is C16H21N3O6. The lowest BCUT2D eigenvalue weighted by Crippen LogP contribution is -2.37. The third kappa shape index (κ3) is 4.90. The van der Waals surface area contributed by atoms with Crippen LogP contribution < -0.4 is 10.2 Å². The lowest BCUT2D eigenvalue weighted by molar-refractivity contribution is -0.386. The lowest BCUT2D eigenvalue weighted by Gasteiger charge is -2.31. The molecule has 0 atom stereocenters. The third-order valence-corrected chi connectivity index (χ3v) is 4.17. The van der Waals surface area contributed by atoms with Crippen LogP contribution in [0.4, 0.5) is 5.69 Å². The van der Waals surface area contributed by atoms with Gasteiger partial charge in [-0.15, -0.1) is 0 Å². The van der Waals surface area contributed by atoms with Crippen LogP contribution in [0.1, 0.15) is 44.1 Å². The van der Waals surface area contributed by atoms with Gasteiger partial charge >= 0.3 is 5.69 Å². The highest BCUT2D eigenvalue weighted by Crippen LogP contribution is 2.36. The van der Waals surface area contributed by atoms with E-state index in [4.69, 9.17) is 4.74 Å². The molecule has 0 saturated heterocycles. The molecule has 2 rings (SSSR count). The Morgan fingerprint density at radius 3 is 2.72 bits per heavy atom. The van der Waals surface area contributed by atoms with E-state index in [2.05, 4.69) is 10.5 Å². The van der Waals surface area contributed by atoms with Gasteiger partial charge in [-0.3, -0.25) is 14.9 Å². The van der Waals surface area contributed by atoms with Crippen molar-refractivity contribution in [2.45, 2.75) is 44.1 Å². The van der Waals surface area contributed by atoms with Crippen LogP contribution in [0.3, 0.4) is 0 Å². The SMILES string of the molecule is COc1cc(/C=N/NC(=O)CC2(O)CCCCC2)cc([N+](=O)[O-])c1O. The Hall–Kier alpha value is -2.68. The lowest BCUT2D eigenvalue weighted by atomic mass is 9.82. The Labute approximate surface area is 144 Å². The molecule has 136 valence electrons. The minimum atomic E-state index is -0.988. The Bertz CT molecular complexity index is 683. The first kappa shape index (κ1) is 18.7. The maximum Gasteiger partial charge on any atom is 0.315 e. The fraction of sp³-hybridized carbons (Fsp3) is 0.500. The number of methoxy groups -OCH3 is 1. The van der Waals surface area contributed by atoms with Gasteiger partial charge in [0.15, 0.2) is 5.75 Å². The molecule has 9 heteroatoms. The smallest absolute Gasteiger partial charge is 0.315 e. The van der Waals surface area contributed by atoms with Crippen LogP contribution in [-0.2, 0) is 4.79 Å². The average molecular weight is 351 g/mol. The number of aliphatic hydroxyl groups is 1. The Morgan fingerprint density at radius 1 is 1.44 bits per heavy atom. The molecule has 0 aliphatic heterocycles. The van der Waals surface area contributed by atoms with Crippen molar-refractivity contribution >= 4 is 17.8 Å². The second-order valence-corrected chi connectivity index (χ2v) is 6.10. The van der Waals surface area contributed by atoms with Gasteiger partial charge in [-0.1, -0.05) is 19.3 Å². The summed E-state index contributed by atoms with van der Waals surface area (Å²) >= 11 is 0. The van der Waals surface area contributed by atoms with Gasteiger partial charge in [-0.2, -0.15) is 5.10 Å². The van der Waals surface area contributed by atoms with Gasteiger partial charge in [0.25, 0.3) is 0 Å². The molecule has 9 nitrogen and oxygen atoms in total. The number of rotatable bonds is 6. The molecule has 1 aliphatic rings. The third-order valence-electron chi connectivity index (χ3n) is 4.17. The summed E-state index contributed by atoms with van der Waals surface area (Å²) in [4.78, 5) is 22.1. The van der Waals surface area contributed by atoms with Gasteiger partial charge in [0.2, 0.25) is 11.7 Å². The van der Waals surface area contributed by atoms with Gasteiger partial charge in [0, 0.05) is 11.6 Å². The highest BCUT2D eigenvalue weighted by molar-refractivity contribution is 5.85. The first-order valence-electron chi connectivity index (χ1n) is 7.94. The van der Waals surface area contributed by atoms with Crippen LogP contribution in [0.2, 0.25) is 0 Å². The molecule has 0 bridgehead atoms. The standard InChI is InChI=1S/C16H21N3O6/c1-25-13-8-11(7-12(15(13)21)19(23)24)10-17-18-14(20)9-16(22)5-3-2-4-6-16/h7-8,10,21-22H,2-6,9H2,1H3,(H,18,20)/b17-10+. The minimum Gasteiger partial charge on any atom is -0.500 e. The monoisotopic (exact) mass is 351 g/mol. The molecule has 1 saturated carbocycles. The van der Waals surface area contributed by atoms with Crippen molar-refractivity contribution in [3.8, 4) is 11.5 Å². The summed E-state index contributed by atoms with van der Waals surface area (Å²) in [5.74, 6) is -1.08. The normalized spacial score (nSPS) is 16.6. The van der Waals surface area contributed by atoms with Gasteiger partial charge in [-0.25, -0.2) is 5.43 Å².